The van der Waals surface area contributed by atoms with Crippen molar-refractivity contribution >= 4 is 11.8 Å². The van der Waals surface area contributed by atoms with Gasteiger partial charge in [0.1, 0.15) is 5.78 Å². The van der Waals surface area contributed by atoms with Crippen LogP contribution in [-0.4, -0.2) is 29.8 Å². The Morgan fingerprint density at radius 2 is 1.89 bits per heavy atom. The van der Waals surface area contributed by atoms with Gasteiger partial charge < -0.3 is 4.74 Å². The zero-order valence-corrected chi connectivity index (χ0v) is 16.1. The van der Waals surface area contributed by atoms with E-state index in [4.69, 9.17) is 4.74 Å². The Kier molecular flexibility index (Phi) is 7.95. The van der Waals surface area contributed by atoms with Crippen LogP contribution in [0.1, 0.15) is 51.0 Å². The van der Waals surface area contributed by atoms with Gasteiger partial charge in [0, 0.05) is 29.6 Å². The fraction of sp³-hybridized carbons (Fsp3) is 0.619. The zero-order chi connectivity index (χ0) is 19.8. The Bertz CT molecular complexity index is 645. The summed E-state index contributed by atoms with van der Waals surface area (Å²) in [5.41, 5.74) is 0.967. The molecule has 148 valence electrons. The van der Waals surface area contributed by atoms with Gasteiger partial charge in [0.15, 0.2) is 0 Å². The molecule has 2 rings (SSSR count). The van der Waals surface area contributed by atoms with E-state index in [9.17, 15) is 19.7 Å². The lowest BCUT2D eigenvalue weighted by Gasteiger charge is -2.31. The Morgan fingerprint density at radius 3 is 2.48 bits per heavy atom. The van der Waals surface area contributed by atoms with Crippen LogP contribution in [0.15, 0.2) is 30.3 Å². The van der Waals surface area contributed by atoms with Gasteiger partial charge in [0.05, 0.1) is 13.0 Å². The standard InChI is InChI=1S/C21H29NO5/c1-3-17(18-11-7-8-12-19(18)22(25)26)20(23)14-16(21(24)27-2)13-15-9-5-4-6-10-15/h4-6,9-10,16-19H,3,7-8,11-14H2,1-2H3/t16-,17+,18+,19+/m0/s1. The number of carbonyl (C=O) groups excluding carboxylic acids is 2. The number of benzene rings is 1. The molecule has 27 heavy (non-hydrogen) atoms. The summed E-state index contributed by atoms with van der Waals surface area (Å²) in [6.45, 7) is 1.90. The van der Waals surface area contributed by atoms with Crippen LogP contribution in [0.2, 0.25) is 0 Å². The molecule has 6 heteroatoms. The molecule has 0 aromatic heterocycles. The molecule has 6 nitrogen and oxygen atoms in total. The van der Waals surface area contributed by atoms with Crippen molar-refractivity contribution in [1.82, 2.24) is 0 Å². The number of nitro groups is 1. The van der Waals surface area contributed by atoms with Crippen molar-refractivity contribution in [3.8, 4) is 0 Å². The molecular formula is C21H29NO5. The molecule has 1 aromatic rings. The molecule has 0 aliphatic heterocycles. The van der Waals surface area contributed by atoms with Gasteiger partial charge in [0.25, 0.3) is 0 Å². The number of rotatable bonds is 9. The van der Waals surface area contributed by atoms with Gasteiger partial charge >= 0.3 is 5.97 Å². The lowest BCUT2D eigenvalue weighted by atomic mass is 9.72. The summed E-state index contributed by atoms with van der Waals surface area (Å²) in [4.78, 5) is 36.5. The maximum absolute atomic E-state index is 13.0. The topological polar surface area (TPSA) is 86.5 Å². The van der Waals surface area contributed by atoms with Crippen molar-refractivity contribution in [2.45, 2.75) is 57.9 Å². The van der Waals surface area contributed by atoms with Crippen LogP contribution in [0.25, 0.3) is 0 Å². The van der Waals surface area contributed by atoms with Crippen molar-refractivity contribution in [1.29, 1.82) is 0 Å². The highest BCUT2D eigenvalue weighted by atomic mass is 16.6. The third kappa shape index (κ3) is 5.62. The molecule has 1 aromatic carbocycles. The highest BCUT2D eigenvalue weighted by Gasteiger charge is 2.42. The SMILES string of the molecule is CC[C@@H](C(=O)C[C@H](Cc1ccccc1)C(=O)OC)[C@H]1CCCC[C@H]1[N+](=O)[O-]. The Hall–Kier alpha value is -2.24. The summed E-state index contributed by atoms with van der Waals surface area (Å²) in [5.74, 6) is -1.62. The summed E-state index contributed by atoms with van der Waals surface area (Å²) in [7, 11) is 1.33. The van der Waals surface area contributed by atoms with Gasteiger partial charge in [-0.15, -0.1) is 0 Å². The van der Waals surface area contributed by atoms with E-state index < -0.39 is 17.9 Å². The van der Waals surface area contributed by atoms with Crippen molar-refractivity contribution in [3.05, 3.63) is 46.0 Å². The van der Waals surface area contributed by atoms with Crippen molar-refractivity contribution in [2.75, 3.05) is 7.11 Å². The van der Waals surface area contributed by atoms with Crippen LogP contribution in [-0.2, 0) is 20.7 Å². The summed E-state index contributed by atoms with van der Waals surface area (Å²) in [6.07, 6.45) is 4.06. The van der Waals surface area contributed by atoms with E-state index in [1.807, 2.05) is 37.3 Å². The predicted molar refractivity (Wildman–Crippen MR) is 102 cm³/mol. The normalized spacial score (nSPS) is 21.9. The number of carbonyl (C=O) groups is 2. The van der Waals surface area contributed by atoms with E-state index >= 15 is 0 Å². The number of hydrogen-bond acceptors (Lipinski definition) is 5. The van der Waals surface area contributed by atoms with E-state index in [2.05, 4.69) is 0 Å². The van der Waals surface area contributed by atoms with Gasteiger partial charge in [-0.25, -0.2) is 0 Å². The van der Waals surface area contributed by atoms with E-state index in [1.165, 1.54) is 7.11 Å². The van der Waals surface area contributed by atoms with Crippen LogP contribution in [0.4, 0.5) is 0 Å². The minimum absolute atomic E-state index is 0.0532. The molecule has 1 aliphatic carbocycles. The molecule has 0 amide bonds. The number of ketones is 1. The van der Waals surface area contributed by atoms with Crippen LogP contribution in [0.5, 0.6) is 0 Å². The van der Waals surface area contributed by atoms with Gasteiger partial charge in [0.2, 0.25) is 6.04 Å². The van der Waals surface area contributed by atoms with Crippen LogP contribution >= 0.6 is 0 Å². The maximum Gasteiger partial charge on any atom is 0.309 e. The minimum Gasteiger partial charge on any atom is -0.469 e. The quantitative estimate of drug-likeness (QED) is 0.372. The fourth-order valence-electron chi connectivity index (χ4n) is 4.34. The van der Waals surface area contributed by atoms with Crippen LogP contribution < -0.4 is 0 Å². The number of methoxy groups -OCH3 is 1. The molecule has 4 atom stereocenters. The van der Waals surface area contributed by atoms with E-state index in [0.717, 1.165) is 18.4 Å². The molecule has 0 heterocycles. The largest absolute Gasteiger partial charge is 0.469 e. The maximum atomic E-state index is 13.0. The number of ether oxygens (including phenoxy) is 1. The Morgan fingerprint density at radius 1 is 1.22 bits per heavy atom. The third-order valence-corrected chi connectivity index (χ3v) is 5.73. The number of hydrogen-bond donors (Lipinski definition) is 0. The van der Waals surface area contributed by atoms with Crippen molar-refractivity contribution in [2.24, 2.45) is 17.8 Å². The van der Waals surface area contributed by atoms with Gasteiger partial charge in [-0.05, 0) is 31.2 Å². The number of esters is 1. The van der Waals surface area contributed by atoms with Gasteiger partial charge in [-0.3, -0.25) is 19.7 Å². The average molecular weight is 375 g/mol. The van der Waals surface area contributed by atoms with Gasteiger partial charge in [-0.1, -0.05) is 43.7 Å². The molecule has 1 aliphatic rings. The molecule has 0 spiro atoms. The summed E-state index contributed by atoms with van der Waals surface area (Å²) >= 11 is 0. The average Bonchev–Trinajstić information content (AvgIpc) is 2.68. The highest BCUT2D eigenvalue weighted by Crippen LogP contribution is 2.35. The number of nitrogens with zero attached hydrogens (tertiary/aromatic N) is 1. The van der Waals surface area contributed by atoms with Crippen molar-refractivity contribution < 1.29 is 19.2 Å². The van der Waals surface area contributed by atoms with E-state index in [1.54, 1.807) is 0 Å². The Labute approximate surface area is 160 Å². The lowest BCUT2D eigenvalue weighted by Crippen LogP contribution is -2.40. The molecule has 0 radical (unpaired) electrons. The molecule has 0 unspecified atom stereocenters. The third-order valence-electron chi connectivity index (χ3n) is 5.73. The monoisotopic (exact) mass is 375 g/mol. The van der Waals surface area contributed by atoms with E-state index in [-0.39, 0.29) is 29.0 Å². The van der Waals surface area contributed by atoms with Gasteiger partial charge in [-0.2, -0.15) is 0 Å². The molecule has 0 bridgehead atoms. The second-order valence-electron chi connectivity index (χ2n) is 7.40. The predicted octanol–water partition coefficient (Wildman–Crippen LogP) is 3.84. The summed E-state index contributed by atoms with van der Waals surface area (Å²) in [5, 5.41) is 11.4. The molecule has 1 fully saturated rings. The first-order chi connectivity index (χ1) is 13.0. The number of Topliss-reactive ketones (excluding diaryl/α,β-unsaturated/α-hetero) is 1. The summed E-state index contributed by atoms with van der Waals surface area (Å²) < 4.78 is 4.90. The first-order valence-electron chi connectivity index (χ1n) is 9.75. The van der Waals surface area contributed by atoms with Crippen LogP contribution in [0, 0.1) is 27.9 Å². The molecule has 0 saturated heterocycles. The Balaban J connectivity index is 2.13. The summed E-state index contributed by atoms with van der Waals surface area (Å²) in [6, 6.07) is 8.87. The molecule has 0 N–H and O–H groups in total. The minimum atomic E-state index is -0.654. The first kappa shape index (κ1) is 21.1. The fourth-order valence-corrected chi connectivity index (χ4v) is 4.34. The second kappa shape index (κ2) is 10.2. The van der Waals surface area contributed by atoms with E-state index in [0.29, 0.717) is 25.7 Å². The second-order valence-corrected chi connectivity index (χ2v) is 7.40. The zero-order valence-electron chi connectivity index (χ0n) is 16.1. The molecular weight excluding hydrogens is 346 g/mol. The van der Waals surface area contributed by atoms with Crippen LogP contribution in [0.3, 0.4) is 0 Å². The highest BCUT2D eigenvalue weighted by molar-refractivity contribution is 5.86. The smallest absolute Gasteiger partial charge is 0.309 e. The van der Waals surface area contributed by atoms with Crippen molar-refractivity contribution in [3.63, 3.8) is 0 Å². The first-order valence-corrected chi connectivity index (χ1v) is 9.75. The lowest BCUT2D eigenvalue weighted by molar-refractivity contribution is -0.537. The molecule has 1 saturated carbocycles.